The molecule has 1 heterocycles. The monoisotopic (exact) mass is 764 g/mol. The summed E-state index contributed by atoms with van der Waals surface area (Å²) in [7, 11) is 0. The summed E-state index contributed by atoms with van der Waals surface area (Å²) in [6, 6.07) is 87.9. The van der Waals surface area contributed by atoms with Crippen molar-refractivity contribution in [2.45, 2.75) is 0 Å². The highest BCUT2D eigenvalue weighted by molar-refractivity contribution is 6.11. The molecule has 0 bridgehead atoms. The number of hydrogen-bond donors (Lipinski definition) is 0. The first-order valence-corrected chi connectivity index (χ1v) is 20.6. The van der Waals surface area contributed by atoms with E-state index in [4.69, 9.17) is 0 Å². The Labute approximate surface area is 350 Å². The number of para-hydroxylation sites is 2. The zero-order valence-electron chi connectivity index (χ0n) is 33.0. The first kappa shape index (κ1) is 35.2. The van der Waals surface area contributed by atoms with Gasteiger partial charge in [-0.15, -0.1) is 0 Å². The number of fused-ring (bicyclic) bond motifs is 4. The molecule has 0 N–H and O–H groups in total. The molecule has 2 nitrogen and oxygen atoms in total. The van der Waals surface area contributed by atoms with Gasteiger partial charge in [-0.05, 0) is 98.2 Å². The fraction of sp³-hybridized carbons (Fsp3) is 0. The van der Waals surface area contributed by atoms with E-state index in [1.807, 2.05) is 0 Å². The van der Waals surface area contributed by atoms with Crippen LogP contribution in [0.15, 0.2) is 243 Å². The Bertz CT molecular complexity index is 3290. The van der Waals surface area contributed by atoms with Crippen LogP contribution >= 0.6 is 0 Å². The van der Waals surface area contributed by atoms with Crippen molar-refractivity contribution in [1.29, 1.82) is 0 Å². The Morgan fingerprint density at radius 2 is 0.833 bits per heavy atom. The molecule has 10 aromatic carbocycles. The van der Waals surface area contributed by atoms with Crippen LogP contribution in [0.2, 0.25) is 0 Å². The minimum atomic E-state index is 1.08. The Kier molecular flexibility index (Phi) is 8.87. The van der Waals surface area contributed by atoms with E-state index in [9.17, 15) is 0 Å². The van der Waals surface area contributed by atoms with Crippen molar-refractivity contribution >= 4 is 49.6 Å². The highest BCUT2D eigenvalue weighted by Gasteiger charge is 2.21. The maximum Gasteiger partial charge on any atom is 0.0561 e. The van der Waals surface area contributed by atoms with E-state index >= 15 is 0 Å². The molecule has 282 valence electrons. The van der Waals surface area contributed by atoms with Crippen molar-refractivity contribution in [2.75, 3.05) is 4.90 Å². The molecule has 11 rings (SSSR count). The van der Waals surface area contributed by atoms with Crippen molar-refractivity contribution in [2.24, 2.45) is 0 Å². The maximum absolute atomic E-state index is 2.45. The number of benzene rings is 10. The Morgan fingerprint density at radius 3 is 1.60 bits per heavy atom. The van der Waals surface area contributed by atoms with Gasteiger partial charge in [0, 0.05) is 33.4 Å². The van der Waals surface area contributed by atoms with Crippen LogP contribution < -0.4 is 4.90 Å². The Morgan fingerprint density at radius 1 is 0.283 bits per heavy atom. The third kappa shape index (κ3) is 6.23. The molecular formula is C58H40N2. The topological polar surface area (TPSA) is 8.17 Å². The number of hydrogen-bond acceptors (Lipinski definition) is 1. The molecule has 0 unspecified atom stereocenters. The number of anilines is 3. The van der Waals surface area contributed by atoms with Gasteiger partial charge in [-0.3, -0.25) is 0 Å². The van der Waals surface area contributed by atoms with E-state index in [0.717, 1.165) is 28.3 Å². The molecule has 0 saturated heterocycles. The second kappa shape index (κ2) is 15.1. The minimum Gasteiger partial charge on any atom is -0.310 e. The summed E-state index contributed by atoms with van der Waals surface area (Å²) in [5, 5.41) is 4.89. The Balaban J connectivity index is 1.15. The zero-order valence-corrected chi connectivity index (χ0v) is 33.0. The molecule has 1 aromatic heterocycles. The van der Waals surface area contributed by atoms with Crippen molar-refractivity contribution in [1.82, 2.24) is 4.57 Å². The first-order valence-electron chi connectivity index (χ1n) is 20.6. The molecule has 11 aromatic rings. The van der Waals surface area contributed by atoms with Gasteiger partial charge in [0.05, 0.1) is 16.7 Å². The van der Waals surface area contributed by atoms with E-state index in [1.165, 1.54) is 71.6 Å². The minimum absolute atomic E-state index is 1.08. The fourth-order valence-corrected chi connectivity index (χ4v) is 8.99. The smallest absolute Gasteiger partial charge is 0.0561 e. The van der Waals surface area contributed by atoms with Gasteiger partial charge in [-0.1, -0.05) is 194 Å². The lowest BCUT2D eigenvalue weighted by atomic mass is 9.94. The molecule has 0 radical (unpaired) electrons. The first-order chi connectivity index (χ1) is 29.8. The van der Waals surface area contributed by atoms with Gasteiger partial charge in [0.15, 0.2) is 0 Å². The summed E-state index contributed by atoms with van der Waals surface area (Å²) in [4.78, 5) is 2.43. The van der Waals surface area contributed by atoms with E-state index < -0.39 is 0 Å². The van der Waals surface area contributed by atoms with Gasteiger partial charge in [0.2, 0.25) is 0 Å². The Hall–Kier alpha value is -7.94. The number of rotatable bonds is 8. The van der Waals surface area contributed by atoms with Crippen LogP contribution in [0.5, 0.6) is 0 Å². The number of aromatic nitrogens is 1. The lowest BCUT2D eigenvalue weighted by Gasteiger charge is -2.28. The molecule has 0 aliphatic rings. The highest BCUT2D eigenvalue weighted by Crippen LogP contribution is 2.45. The fourth-order valence-electron chi connectivity index (χ4n) is 8.99. The van der Waals surface area contributed by atoms with Crippen LogP contribution in [-0.2, 0) is 0 Å². The van der Waals surface area contributed by atoms with E-state index in [-0.39, 0.29) is 0 Å². The lowest BCUT2D eigenvalue weighted by Crippen LogP contribution is -2.11. The highest BCUT2D eigenvalue weighted by atomic mass is 15.1. The van der Waals surface area contributed by atoms with Gasteiger partial charge >= 0.3 is 0 Å². The van der Waals surface area contributed by atoms with Gasteiger partial charge < -0.3 is 9.47 Å². The second-order valence-corrected chi connectivity index (χ2v) is 15.3. The summed E-state index contributed by atoms with van der Waals surface area (Å²) in [6.45, 7) is 0. The molecule has 60 heavy (non-hydrogen) atoms. The van der Waals surface area contributed by atoms with Crippen LogP contribution in [0.4, 0.5) is 17.1 Å². The molecule has 0 saturated carbocycles. The van der Waals surface area contributed by atoms with Gasteiger partial charge in [-0.25, -0.2) is 0 Å². The maximum atomic E-state index is 2.45. The third-order valence-corrected chi connectivity index (χ3v) is 11.8. The quantitative estimate of drug-likeness (QED) is 0.150. The molecule has 0 aliphatic carbocycles. The van der Waals surface area contributed by atoms with Gasteiger partial charge in [0.25, 0.3) is 0 Å². The molecule has 2 heteroatoms. The van der Waals surface area contributed by atoms with Crippen LogP contribution in [-0.4, -0.2) is 4.57 Å². The van der Waals surface area contributed by atoms with Crippen LogP contribution in [0.1, 0.15) is 0 Å². The van der Waals surface area contributed by atoms with E-state index in [1.54, 1.807) is 0 Å². The predicted octanol–water partition coefficient (Wildman–Crippen LogP) is 16.1. The third-order valence-electron chi connectivity index (χ3n) is 11.8. The molecule has 0 amide bonds. The van der Waals surface area contributed by atoms with Crippen molar-refractivity contribution in [3.63, 3.8) is 0 Å². The molecule has 0 spiro atoms. The SMILES string of the molecule is c1ccc(-c2ccc(N(c3ccc4c5ccccc5n(-c5ccc(-c6ccccc6)c(-c6ccccc6)c5)c4c3)c3ccccc3-c3cccc4ccccc34)cc2)cc1. The number of nitrogens with zero attached hydrogens (tertiary/aromatic N) is 2. The van der Waals surface area contributed by atoms with Crippen LogP contribution in [0, 0.1) is 0 Å². The summed E-state index contributed by atoms with van der Waals surface area (Å²) in [5.41, 5.74) is 16.3. The predicted molar refractivity (Wildman–Crippen MR) is 255 cm³/mol. The van der Waals surface area contributed by atoms with Crippen molar-refractivity contribution < 1.29 is 0 Å². The van der Waals surface area contributed by atoms with E-state index in [0.29, 0.717) is 0 Å². The average molecular weight is 765 g/mol. The van der Waals surface area contributed by atoms with Crippen molar-refractivity contribution in [3.05, 3.63) is 243 Å². The second-order valence-electron chi connectivity index (χ2n) is 15.3. The summed E-state index contributed by atoms with van der Waals surface area (Å²) >= 11 is 0. The molecule has 0 atom stereocenters. The van der Waals surface area contributed by atoms with Gasteiger partial charge in [0.1, 0.15) is 0 Å². The average Bonchev–Trinajstić information content (AvgIpc) is 3.66. The summed E-state index contributed by atoms with van der Waals surface area (Å²) in [5.74, 6) is 0. The van der Waals surface area contributed by atoms with Gasteiger partial charge in [-0.2, -0.15) is 0 Å². The molecule has 0 fully saturated rings. The summed E-state index contributed by atoms with van der Waals surface area (Å²) in [6.07, 6.45) is 0. The normalized spacial score (nSPS) is 11.3. The summed E-state index contributed by atoms with van der Waals surface area (Å²) < 4.78 is 2.45. The van der Waals surface area contributed by atoms with Crippen molar-refractivity contribution in [3.8, 4) is 50.2 Å². The van der Waals surface area contributed by atoms with Crippen LogP contribution in [0.3, 0.4) is 0 Å². The molecular weight excluding hydrogens is 725 g/mol. The lowest BCUT2D eigenvalue weighted by molar-refractivity contribution is 1.18. The largest absolute Gasteiger partial charge is 0.310 e. The van der Waals surface area contributed by atoms with Crippen LogP contribution in [0.25, 0.3) is 82.8 Å². The standard InChI is InChI=1S/C58H40N2/c1-4-17-41(18-5-1)42-31-33-46(34-32-42)59(56-29-14-12-26-52(56)51-28-16-24-44-23-10-11-25-49(44)51)48-36-38-54-53-27-13-15-30-57(53)60(58(54)40-48)47-35-37-50(43-19-6-2-7-20-43)55(39-47)45-21-8-3-9-22-45/h1-40H. The molecule has 0 aliphatic heterocycles. The zero-order chi connectivity index (χ0) is 39.8. The van der Waals surface area contributed by atoms with E-state index in [2.05, 4.69) is 252 Å².